The number of nitrogens with zero attached hydrogens (tertiary/aromatic N) is 1. The standard InChI is InChI=1S/C22H30N2O3S/c1-16-13-17(2)22(18(3)14-16)28(26,27)24(5)15-21(25)23-19(4)11-12-20-9-7-6-8-10-20/h6-10,13-14,19H,11-12,15H2,1-5H3,(H,23,25)/t19-/m0/s1. The number of carbonyl (C=O) groups excluding carboxylic acids is 1. The molecule has 0 radical (unpaired) electrons. The van der Waals surface area contributed by atoms with Gasteiger partial charge in [-0.3, -0.25) is 4.79 Å². The summed E-state index contributed by atoms with van der Waals surface area (Å²) in [5, 5.41) is 2.90. The average Bonchev–Trinajstić information content (AvgIpc) is 2.59. The first kappa shape index (κ1) is 22.1. The van der Waals surface area contributed by atoms with Crippen LogP contribution in [-0.2, 0) is 21.2 Å². The summed E-state index contributed by atoms with van der Waals surface area (Å²) in [7, 11) is -2.28. The van der Waals surface area contributed by atoms with E-state index in [0.29, 0.717) is 11.1 Å². The Morgan fingerprint density at radius 2 is 1.64 bits per heavy atom. The van der Waals surface area contributed by atoms with Gasteiger partial charge in [-0.2, -0.15) is 4.31 Å². The predicted octanol–water partition coefficient (Wildman–Crippen LogP) is 3.37. The molecule has 0 fully saturated rings. The largest absolute Gasteiger partial charge is 0.352 e. The van der Waals surface area contributed by atoms with Crippen molar-refractivity contribution in [1.82, 2.24) is 9.62 Å². The number of rotatable bonds is 8. The van der Waals surface area contributed by atoms with Crippen LogP contribution in [0.2, 0.25) is 0 Å². The molecule has 1 N–H and O–H groups in total. The molecule has 0 heterocycles. The Balaban J connectivity index is 1.97. The molecule has 0 aliphatic rings. The predicted molar refractivity (Wildman–Crippen MR) is 113 cm³/mol. The normalized spacial score (nSPS) is 12.8. The van der Waals surface area contributed by atoms with Crippen LogP contribution >= 0.6 is 0 Å². The fraction of sp³-hybridized carbons (Fsp3) is 0.409. The molecule has 1 atom stereocenters. The van der Waals surface area contributed by atoms with Crippen molar-refractivity contribution in [2.75, 3.05) is 13.6 Å². The molecule has 0 aromatic heterocycles. The zero-order valence-electron chi connectivity index (χ0n) is 17.3. The van der Waals surface area contributed by atoms with Crippen molar-refractivity contribution in [2.45, 2.75) is 51.5 Å². The van der Waals surface area contributed by atoms with Gasteiger partial charge in [0.1, 0.15) is 0 Å². The van der Waals surface area contributed by atoms with Crippen molar-refractivity contribution in [2.24, 2.45) is 0 Å². The van der Waals surface area contributed by atoms with Gasteiger partial charge in [0.15, 0.2) is 0 Å². The van der Waals surface area contributed by atoms with Crippen LogP contribution < -0.4 is 5.32 Å². The Bertz CT molecular complexity index is 901. The van der Waals surface area contributed by atoms with E-state index in [0.717, 1.165) is 22.7 Å². The van der Waals surface area contributed by atoms with Crippen LogP contribution in [0.4, 0.5) is 0 Å². The molecule has 2 aromatic carbocycles. The molecule has 0 spiro atoms. The molecule has 0 aliphatic carbocycles. The van der Waals surface area contributed by atoms with Crippen LogP contribution in [0.25, 0.3) is 0 Å². The zero-order valence-corrected chi connectivity index (χ0v) is 18.1. The Labute approximate surface area is 168 Å². The topological polar surface area (TPSA) is 66.5 Å². The Kier molecular flexibility index (Phi) is 7.38. The highest BCUT2D eigenvalue weighted by Crippen LogP contribution is 2.24. The minimum atomic E-state index is -3.73. The molecule has 2 aromatic rings. The summed E-state index contributed by atoms with van der Waals surface area (Å²) >= 11 is 0. The SMILES string of the molecule is Cc1cc(C)c(S(=O)(=O)N(C)CC(=O)N[C@@H](C)CCc2ccccc2)c(C)c1. The number of aryl methyl sites for hydroxylation is 4. The molecule has 5 nitrogen and oxygen atoms in total. The summed E-state index contributed by atoms with van der Waals surface area (Å²) in [6.07, 6.45) is 1.65. The van der Waals surface area contributed by atoms with Gasteiger partial charge in [0, 0.05) is 13.1 Å². The lowest BCUT2D eigenvalue weighted by molar-refractivity contribution is -0.121. The summed E-state index contributed by atoms with van der Waals surface area (Å²) < 4.78 is 27.0. The maximum atomic E-state index is 13.0. The van der Waals surface area contributed by atoms with Gasteiger partial charge in [-0.1, -0.05) is 48.0 Å². The fourth-order valence-electron chi connectivity index (χ4n) is 3.44. The number of likely N-dealkylation sites (N-methyl/N-ethyl adjacent to an activating group) is 1. The molecule has 6 heteroatoms. The van der Waals surface area contributed by atoms with Gasteiger partial charge >= 0.3 is 0 Å². The average molecular weight is 403 g/mol. The van der Waals surface area contributed by atoms with E-state index in [1.807, 2.05) is 44.2 Å². The maximum absolute atomic E-state index is 13.0. The third kappa shape index (κ3) is 5.66. The Morgan fingerprint density at radius 1 is 1.07 bits per heavy atom. The summed E-state index contributed by atoms with van der Waals surface area (Å²) in [5.74, 6) is -0.297. The summed E-state index contributed by atoms with van der Waals surface area (Å²) in [4.78, 5) is 12.6. The second-order valence-electron chi connectivity index (χ2n) is 7.48. The molecule has 0 saturated heterocycles. The van der Waals surface area contributed by atoms with E-state index in [-0.39, 0.29) is 23.4 Å². The van der Waals surface area contributed by atoms with Crippen LogP contribution in [0.5, 0.6) is 0 Å². The quantitative estimate of drug-likeness (QED) is 0.736. The van der Waals surface area contributed by atoms with E-state index in [1.54, 1.807) is 13.8 Å². The van der Waals surface area contributed by atoms with E-state index >= 15 is 0 Å². The van der Waals surface area contributed by atoms with Crippen LogP contribution in [0.1, 0.15) is 35.6 Å². The van der Waals surface area contributed by atoms with E-state index in [1.165, 1.54) is 12.6 Å². The third-order valence-electron chi connectivity index (χ3n) is 4.76. The van der Waals surface area contributed by atoms with Gasteiger partial charge in [-0.05, 0) is 57.2 Å². The minimum absolute atomic E-state index is 0.0355. The van der Waals surface area contributed by atoms with Gasteiger partial charge < -0.3 is 5.32 Å². The van der Waals surface area contributed by atoms with Crippen molar-refractivity contribution in [3.8, 4) is 0 Å². The van der Waals surface area contributed by atoms with Gasteiger partial charge in [-0.15, -0.1) is 0 Å². The molecule has 1 amide bonds. The second-order valence-corrected chi connectivity index (χ2v) is 9.46. The number of hydrogen-bond acceptors (Lipinski definition) is 3. The molecule has 28 heavy (non-hydrogen) atoms. The Hall–Kier alpha value is -2.18. The molecule has 0 aliphatic heterocycles. The summed E-state index contributed by atoms with van der Waals surface area (Å²) in [6.45, 7) is 7.23. The highest BCUT2D eigenvalue weighted by Gasteiger charge is 2.26. The van der Waals surface area contributed by atoms with Crippen molar-refractivity contribution >= 4 is 15.9 Å². The van der Waals surface area contributed by atoms with Gasteiger partial charge in [0.05, 0.1) is 11.4 Å². The Morgan fingerprint density at radius 3 is 2.21 bits per heavy atom. The van der Waals surface area contributed by atoms with E-state index in [2.05, 4.69) is 17.4 Å². The van der Waals surface area contributed by atoms with E-state index < -0.39 is 10.0 Å². The zero-order chi connectivity index (χ0) is 20.9. The second kappa shape index (κ2) is 9.34. The van der Waals surface area contributed by atoms with Crippen LogP contribution in [0, 0.1) is 20.8 Å². The van der Waals surface area contributed by atoms with Crippen LogP contribution in [0.15, 0.2) is 47.4 Å². The molecule has 2 rings (SSSR count). The minimum Gasteiger partial charge on any atom is -0.352 e. The molecule has 0 unspecified atom stereocenters. The number of nitrogens with one attached hydrogen (secondary N) is 1. The smallest absolute Gasteiger partial charge is 0.243 e. The molecule has 0 bridgehead atoms. The lowest BCUT2D eigenvalue weighted by Crippen LogP contribution is -2.42. The molecular weight excluding hydrogens is 372 g/mol. The van der Waals surface area contributed by atoms with Gasteiger partial charge in [0.2, 0.25) is 15.9 Å². The lowest BCUT2D eigenvalue weighted by Gasteiger charge is -2.21. The van der Waals surface area contributed by atoms with Crippen molar-refractivity contribution in [3.63, 3.8) is 0 Å². The number of carbonyl (C=O) groups is 1. The van der Waals surface area contributed by atoms with E-state index in [4.69, 9.17) is 0 Å². The van der Waals surface area contributed by atoms with Crippen molar-refractivity contribution in [1.29, 1.82) is 0 Å². The first-order valence-electron chi connectivity index (χ1n) is 9.48. The first-order valence-corrected chi connectivity index (χ1v) is 10.9. The fourth-order valence-corrected chi connectivity index (χ4v) is 4.97. The maximum Gasteiger partial charge on any atom is 0.243 e. The van der Waals surface area contributed by atoms with E-state index in [9.17, 15) is 13.2 Å². The van der Waals surface area contributed by atoms with Crippen molar-refractivity contribution < 1.29 is 13.2 Å². The lowest BCUT2D eigenvalue weighted by atomic mass is 10.1. The third-order valence-corrected chi connectivity index (χ3v) is 6.87. The van der Waals surface area contributed by atoms with Crippen LogP contribution in [0.3, 0.4) is 0 Å². The van der Waals surface area contributed by atoms with Crippen LogP contribution in [-0.4, -0.2) is 38.3 Å². The monoisotopic (exact) mass is 402 g/mol. The first-order chi connectivity index (χ1) is 13.1. The summed E-state index contributed by atoms with van der Waals surface area (Å²) in [5.41, 5.74) is 3.62. The number of sulfonamides is 1. The molecule has 152 valence electrons. The van der Waals surface area contributed by atoms with Crippen molar-refractivity contribution in [3.05, 3.63) is 64.7 Å². The summed E-state index contributed by atoms with van der Waals surface area (Å²) in [6, 6.07) is 13.7. The highest BCUT2D eigenvalue weighted by molar-refractivity contribution is 7.89. The number of hydrogen-bond donors (Lipinski definition) is 1. The highest BCUT2D eigenvalue weighted by atomic mass is 32.2. The molecular formula is C22H30N2O3S. The van der Waals surface area contributed by atoms with Gasteiger partial charge in [0.25, 0.3) is 0 Å². The number of amides is 1. The number of benzene rings is 2. The molecule has 0 saturated carbocycles. The van der Waals surface area contributed by atoms with Gasteiger partial charge in [-0.25, -0.2) is 8.42 Å².